The van der Waals surface area contributed by atoms with E-state index in [0.29, 0.717) is 0 Å². The van der Waals surface area contributed by atoms with Gasteiger partial charge in [-0.05, 0) is 89.7 Å². The topological polar surface area (TPSA) is 22.8 Å². The highest BCUT2D eigenvalue weighted by Gasteiger charge is 2.45. The first kappa shape index (κ1) is 31.5. The number of para-hydroxylation sites is 5. The van der Waals surface area contributed by atoms with Crippen LogP contribution in [0.4, 0.5) is 0 Å². The molecule has 0 radical (unpaired) electrons. The minimum Gasteiger partial charge on any atom is -0.309 e. The lowest BCUT2D eigenvalue weighted by atomic mass is 9.62. The van der Waals surface area contributed by atoms with Crippen molar-refractivity contribution < 1.29 is 0 Å². The zero-order valence-corrected chi connectivity index (χ0v) is 30.7. The maximum atomic E-state index is 5.14. The Morgan fingerprint density at radius 3 is 1.76 bits per heavy atom. The van der Waals surface area contributed by atoms with E-state index in [2.05, 4.69) is 211 Å². The van der Waals surface area contributed by atoms with E-state index < -0.39 is 5.41 Å². The van der Waals surface area contributed by atoms with Crippen molar-refractivity contribution >= 4 is 32.8 Å². The third kappa shape index (κ3) is 4.60. The zero-order valence-electron chi connectivity index (χ0n) is 30.7. The molecule has 0 saturated carbocycles. The minimum absolute atomic E-state index is 0.558. The molecule has 1 aliphatic heterocycles. The predicted molar refractivity (Wildman–Crippen MR) is 228 cm³/mol. The molecule has 2 aromatic heterocycles. The zero-order chi connectivity index (χ0) is 36.7. The van der Waals surface area contributed by atoms with E-state index in [1.807, 2.05) is 0 Å². The van der Waals surface area contributed by atoms with Crippen LogP contribution in [0.5, 0.6) is 0 Å². The molecule has 3 heteroatoms. The number of fused-ring (bicyclic) bond motifs is 6. The first-order valence-corrected chi connectivity index (χ1v) is 19.1. The van der Waals surface area contributed by atoms with Gasteiger partial charge in [-0.15, -0.1) is 0 Å². The molecule has 11 rings (SSSR count). The Bertz CT molecular complexity index is 3030. The van der Waals surface area contributed by atoms with Gasteiger partial charge in [0.2, 0.25) is 0 Å². The Kier molecular flexibility index (Phi) is 6.90. The Hall–Kier alpha value is -6.97. The van der Waals surface area contributed by atoms with Crippen LogP contribution in [0.3, 0.4) is 0 Å². The van der Waals surface area contributed by atoms with Gasteiger partial charge in [0.1, 0.15) is 5.82 Å². The van der Waals surface area contributed by atoms with Gasteiger partial charge in [0.15, 0.2) is 0 Å². The maximum Gasteiger partial charge on any atom is 0.145 e. The van der Waals surface area contributed by atoms with Crippen LogP contribution in [-0.2, 0) is 5.41 Å². The lowest BCUT2D eigenvalue weighted by Crippen LogP contribution is -2.35. The molecule has 0 amide bonds. The van der Waals surface area contributed by atoms with Crippen molar-refractivity contribution in [2.45, 2.75) is 19.3 Å². The average molecular weight is 704 g/mol. The number of aryl methyl sites for hydroxylation is 2. The average Bonchev–Trinajstić information content (AvgIpc) is 3.80. The molecule has 3 heterocycles. The smallest absolute Gasteiger partial charge is 0.145 e. The molecule has 1 aliphatic rings. The van der Waals surface area contributed by atoms with Gasteiger partial charge in [0.25, 0.3) is 0 Å². The van der Waals surface area contributed by atoms with Crippen LogP contribution in [0.1, 0.15) is 33.4 Å². The summed E-state index contributed by atoms with van der Waals surface area (Å²) in [6.45, 7) is 4.35. The lowest BCUT2D eigenvalue weighted by Gasteiger charge is -2.42. The largest absolute Gasteiger partial charge is 0.309 e. The number of hydrogen-bond donors (Lipinski definition) is 0. The highest BCUT2D eigenvalue weighted by Crippen LogP contribution is 2.55. The predicted octanol–water partition coefficient (Wildman–Crippen LogP) is 12.8. The lowest BCUT2D eigenvalue weighted by molar-refractivity contribution is 0.727. The quantitative estimate of drug-likeness (QED) is 0.175. The summed E-state index contributed by atoms with van der Waals surface area (Å²) in [6.07, 6.45) is 0. The molecule has 3 nitrogen and oxygen atoms in total. The number of aromatic nitrogens is 3. The molecule has 0 spiro atoms. The molecule has 10 aromatic rings. The summed E-state index contributed by atoms with van der Waals surface area (Å²) in [5.41, 5.74) is 17.3. The van der Waals surface area contributed by atoms with Crippen LogP contribution in [0.2, 0.25) is 0 Å². The van der Waals surface area contributed by atoms with Gasteiger partial charge < -0.3 is 4.57 Å². The van der Waals surface area contributed by atoms with Crippen LogP contribution < -0.4 is 0 Å². The van der Waals surface area contributed by atoms with Crippen molar-refractivity contribution in [3.8, 4) is 33.9 Å². The fourth-order valence-electron chi connectivity index (χ4n) is 9.19. The number of hydrogen-bond acceptors (Lipinski definition) is 1. The van der Waals surface area contributed by atoms with E-state index in [1.165, 1.54) is 66.4 Å². The summed E-state index contributed by atoms with van der Waals surface area (Å²) in [7, 11) is 0. The second-order valence-electron chi connectivity index (χ2n) is 14.9. The van der Waals surface area contributed by atoms with Crippen LogP contribution in [-0.4, -0.2) is 14.1 Å². The Labute approximate surface area is 320 Å². The van der Waals surface area contributed by atoms with Crippen LogP contribution in [0, 0.1) is 13.8 Å². The molecule has 0 saturated heterocycles. The van der Waals surface area contributed by atoms with E-state index in [-0.39, 0.29) is 0 Å². The SMILES string of the molecule is Cc1ccc(C2(c3ccc(C)cc3)c3cc(-c4ccc(-c5nc6ccccc6n5-c5ccccc5)cc4)ccc3-n3c4ccccc4c4cccc2c43)cc1. The first-order chi connectivity index (χ1) is 27.1. The summed E-state index contributed by atoms with van der Waals surface area (Å²) < 4.78 is 4.78. The second kappa shape index (κ2) is 12.0. The number of imidazole rings is 1. The maximum absolute atomic E-state index is 5.14. The van der Waals surface area contributed by atoms with E-state index in [1.54, 1.807) is 0 Å². The fourth-order valence-corrected chi connectivity index (χ4v) is 9.19. The summed E-state index contributed by atoms with van der Waals surface area (Å²) in [6, 6.07) is 69.2. The van der Waals surface area contributed by atoms with Crippen molar-refractivity contribution in [1.82, 2.24) is 14.1 Å². The molecule has 0 aliphatic carbocycles. The monoisotopic (exact) mass is 703 g/mol. The van der Waals surface area contributed by atoms with Gasteiger partial charge in [-0.3, -0.25) is 4.57 Å². The van der Waals surface area contributed by atoms with Crippen molar-refractivity contribution in [1.29, 1.82) is 0 Å². The third-order valence-corrected chi connectivity index (χ3v) is 11.8. The van der Waals surface area contributed by atoms with E-state index in [0.717, 1.165) is 33.7 Å². The third-order valence-electron chi connectivity index (χ3n) is 11.8. The van der Waals surface area contributed by atoms with Crippen molar-refractivity contribution in [2.75, 3.05) is 0 Å². The molecular formula is C52H37N3. The molecule has 55 heavy (non-hydrogen) atoms. The molecule has 0 N–H and O–H groups in total. The Morgan fingerprint density at radius 2 is 1.04 bits per heavy atom. The van der Waals surface area contributed by atoms with Crippen LogP contribution >= 0.6 is 0 Å². The van der Waals surface area contributed by atoms with Crippen LogP contribution in [0.25, 0.3) is 66.7 Å². The molecule has 260 valence electrons. The van der Waals surface area contributed by atoms with Gasteiger partial charge in [-0.1, -0.05) is 157 Å². The van der Waals surface area contributed by atoms with E-state index in [9.17, 15) is 0 Å². The summed E-state index contributed by atoms with van der Waals surface area (Å²) in [5, 5.41) is 2.55. The van der Waals surface area contributed by atoms with Crippen molar-refractivity contribution in [3.63, 3.8) is 0 Å². The van der Waals surface area contributed by atoms with Crippen molar-refractivity contribution in [2.24, 2.45) is 0 Å². The summed E-state index contributed by atoms with van der Waals surface area (Å²) in [4.78, 5) is 5.14. The molecular weight excluding hydrogens is 667 g/mol. The highest BCUT2D eigenvalue weighted by atomic mass is 15.1. The van der Waals surface area contributed by atoms with E-state index >= 15 is 0 Å². The van der Waals surface area contributed by atoms with Gasteiger partial charge in [0.05, 0.1) is 33.2 Å². The van der Waals surface area contributed by atoms with Gasteiger partial charge >= 0.3 is 0 Å². The van der Waals surface area contributed by atoms with E-state index in [4.69, 9.17) is 4.98 Å². The molecule has 0 unspecified atom stereocenters. The first-order valence-electron chi connectivity index (χ1n) is 19.1. The minimum atomic E-state index is -0.558. The fraction of sp³-hybridized carbons (Fsp3) is 0.0577. The number of rotatable bonds is 5. The molecule has 0 fully saturated rings. The molecule has 0 bridgehead atoms. The van der Waals surface area contributed by atoms with Gasteiger partial charge in [-0.2, -0.15) is 0 Å². The Balaban J connectivity index is 1.16. The second-order valence-corrected chi connectivity index (χ2v) is 14.9. The number of benzene rings is 8. The van der Waals surface area contributed by atoms with Gasteiger partial charge in [0, 0.05) is 22.0 Å². The van der Waals surface area contributed by atoms with Gasteiger partial charge in [-0.25, -0.2) is 4.98 Å². The Morgan fingerprint density at radius 1 is 0.436 bits per heavy atom. The summed E-state index contributed by atoms with van der Waals surface area (Å²) >= 11 is 0. The highest BCUT2D eigenvalue weighted by molar-refractivity contribution is 6.12. The van der Waals surface area contributed by atoms with Crippen molar-refractivity contribution in [3.05, 3.63) is 221 Å². The summed E-state index contributed by atoms with van der Waals surface area (Å²) in [5.74, 6) is 0.933. The molecule has 8 aromatic carbocycles. The molecule has 0 atom stereocenters. The van der Waals surface area contributed by atoms with Crippen LogP contribution in [0.15, 0.2) is 188 Å². The number of nitrogens with zero attached hydrogens (tertiary/aromatic N) is 3. The standard InChI is InChI=1S/C52H37N3/c1-34-19-28-39(29-20-34)52(40-30-21-35(2)22-31-40)44-15-10-14-43-42-13-6-8-17-47(42)55(50(43)44)48-32-27-38(33-45(48)52)36-23-25-37(26-24-36)51-53-46-16-7-9-18-49(46)54(51)41-11-4-3-5-12-41/h3-33H,1-2H3. The normalized spacial score (nSPS) is 13.1.